The zero-order valence-electron chi connectivity index (χ0n) is 31.6. The number of allylic oxidation sites excluding steroid dienone is 16. The van der Waals surface area contributed by atoms with Gasteiger partial charge in [-0.3, -0.25) is 0 Å². The fraction of sp³-hybridized carbons (Fsp3) is 0.151. The zero-order chi connectivity index (χ0) is 37.0. The minimum absolute atomic E-state index is 0.936. The molecule has 0 fully saturated rings. The summed E-state index contributed by atoms with van der Waals surface area (Å²) in [5.41, 5.74) is 17.7. The van der Waals surface area contributed by atoms with Crippen LogP contribution in [0.5, 0.6) is 0 Å². The molecule has 0 bridgehead atoms. The molecule has 11 rings (SSSR count). The first-order valence-electron chi connectivity index (χ1n) is 20.4. The molecular weight excluding hydrogens is 679 g/mol. The second-order valence-corrected chi connectivity index (χ2v) is 15.5. The van der Waals surface area contributed by atoms with Gasteiger partial charge in [-0.2, -0.15) is 0 Å². The van der Waals surface area contributed by atoms with Gasteiger partial charge < -0.3 is 9.47 Å². The van der Waals surface area contributed by atoms with Gasteiger partial charge in [0.25, 0.3) is 0 Å². The number of pyridine rings is 1. The molecule has 0 atom stereocenters. The maximum atomic E-state index is 5.61. The van der Waals surface area contributed by atoms with Crippen molar-refractivity contribution in [2.45, 2.75) is 51.4 Å². The Morgan fingerprint density at radius 1 is 0.571 bits per heavy atom. The van der Waals surface area contributed by atoms with Crippen LogP contribution in [0.25, 0.3) is 60.8 Å². The van der Waals surface area contributed by atoms with Gasteiger partial charge in [-0.15, -0.1) is 0 Å². The zero-order valence-corrected chi connectivity index (χ0v) is 31.6. The number of hydrogen-bond acceptors (Lipinski definition) is 2. The van der Waals surface area contributed by atoms with Gasteiger partial charge in [-0.05, 0) is 120 Å². The molecule has 0 radical (unpaired) electrons. The van der Waals surface area contributed by atoms with E-state index in [0.29, 0.717) is 0 Å². The third-order valence-electron chi connectivity index (χ3n) is 12.1. The van der Waals surface area contributed by atoms with Crippen molar-refractivity contribution in [1.29, 1.82) is 0 Å². The maximum Gasteiger partial charge on any atom is 0.138 e. The Labute approximate surface area is 329 Å². The van der Waals surface area contributed by atoms with E-state index >= 15 is 0 Å². The van der Waals surface area contributed by atoms with Gasteiger partial charge in [-0.1, -0.05) is 134 Å². The predicted octanol–water partition coefficient (Wildman–Crippen LogP) is 14.0. The molecule has 1 aliphatic heterocycles. The molecular formula is C53H43N3. The van der Waals surface area contributed by atoms with Gasteiger partial charge in [0.2, 0.25) is 0 Å². The van der Waals surface area contributed by atoms with Crippen LogP contribution in [-0.4, -0.2) is 9.55 Å². The number of nitrogens with zero attached hydrogens (tertiary/aromatic N) is 3. The van der Waals surface area contributed by atoms with Crippen molar-refractivity contribution < 1.29 is 0 Å². The molecule has 4 aromatic carbocycles. The van der Waals surface area contributed by atoms with Crippen molar-refractivity contribution in [2.24, 2.45) is 0 Å². The Balaban J connectivity index is 1.22. The third kappa shape index (κ3) is 5.45. The van der Waals surface area contributed by atoms with Crippen LogP contribution in [0.3, 0.4) is 0 Å². The molecule has 56 heavy (non-hydrogen) atoms. The van der Waals surface area contributed by atoms with E-state index in [1.807, 2.05) is 0 Å². The Kier molecular flexibility index (Phi) is 8.05. The Hall–Kier alpha value is -6.45. The number of aromatic nitrogens is 2. The Morgan fingerprint density at radius 2 is 1.32 bits per heavy atom. The number of hydrogen-bond donors (Lipinski definition) is 0. The van der Waals surface area contributed by atoms with E-state index in [2.05, 4.69) is 173 Å². The van der Waals surface area contributed by atoms with Crippen LogP contribution >= 0.6 is 0 Å². The van der Waals surface area contributed by atoms with Gasteiger partial charge in [-0.25, -0.2) is 4.98 Å². The van der Waals surface area contributed by atoms with Gasteiger partial charge in [0.05, 0.1) is 16.9 Å². The van der Waals surface area contributed by atoms with Gasteiger partial charge in [0.15, 0.2) is 0 Å². The quantitative estimate of drug-likeness (QED) is 0.177. The summed E-state index contributed by atoms with van der Waals surface area (Å²) in [6, 6.07) is 38.3. The van der Waals surface area contributed by atoms with Crippen molar-refractivity contribution in [3.63, 3.8) is 0 Å². The van der Waals surface area contributed by atoms with E-state index in [4.69, 9.17) is 4.98 Å². The molecule has 6 aromatic rings. The third-order valence-corrected chi connectivity index (χ3v) is 12.1. The lowest BCUT2D eigenvalue weighted by Crippen LogP contribution is -2.26. The summed E-state index contributed by atoms with van der Waals surface area (Å²) in [7, 11) is 0. The molecule has 3 heteroatoms. The average Bonchev–Trinajstić information content (AvgIpc) is 3.56. The topological polar surface area (TPSA) is 21.1 Å². The van der Waals surface area contributed by atoms with Crippen molar-refractivity contribution in [3.05, 3.63) is 198 Å². The maximum absolute atomic E-state index is 5.61. The van der Waals surface area contributed by atoms with Crippen molar-refractivity contribution in [1.82, 2.24) is 9.55 Å². The van der Waals surface area contributed by atoms with Crippen LogP contribution in [0, 0.1) is 0 Å². The summed E-state index contributed by atoms with van der Waals surface area (Å²) < 4.78 is 2.58. The largest absolute Gasteiger partial charge is 0.309 e. The molecule has 2 aromatic heterocycles. The summed E-state index contributed by atoms with van der Waals surface area (Å²) in [4.78, 5) is 8.18. The lowest BCUT2D eigenvalue weighted by Gasteiger charge is -2.33. The Morgan fingerprint density at radius 3 is 2.14 bits per heavy atom. The van der Waals surface area contributed by atoms with E-state index in [1.165, 1.54) is 89.0 Å². The molecule has 0 saturated heterocycles. The Bertz CT molecular complexity index is 2840. The molecule has 3 nitrogen and oxygen atoms in total. The number of para-hydroxylation sites is 1. The molecule has 0 amide bonds. The molecule has 3 heterocycles. The number of benzene rings is 4. The van der Waals surface area contributed by atoms with Crippen LogP contribution < -0.4 is 4.90 Å². The van der Waals surface area contributed by atoms with Crippen LogP contribution in [0.1, 0.15) is 73.9 Å². The van der Waals surface area contributed by atoms with Crippen LogP contribution in [0.4, 0.5) is 5.82 Å². The van der Waals surface area contributed by atoms with E-state index in [1.54, 1.807) is 0 Å². The summed E-state index contributed by atoms with van der Waals surface area (Å²) in [6.07, 6.45) is 31.4. The first kappa shape index (κ1) is 32.9. The summed E-state index contributed by atoms with van der Waals surface area (Å²) in [6.45, 7) is 0. The van der Waals surface area contributed by atoms with Crippen LogP contribution in [0.15, 0.2) is 175 Å². The number of rotatable bonds is 5. The number of fused-ring (bicyclic) bond motifs is 6. The standard InChI is InChI=1S/C53H43N3/c1-4-18-36(19-5-1)40-33-47(38-22-8-3-9-23-38)54-51(34-40)56-49-30-16-13-27-44(49)52-43-26-12-15-29-48(43)55(53(52)45-28-14-17-31-50(45)56)41-32-39-24-10-11-25-42(39)46(35-41)37-20-6-2-7-21-37/h1,3-6,8,10-15,18-22,24-29,32-35H,2,7,9,16-17,23,30-31H2. The van der Waals surface area contributed by atoms with Gasteiger partial charge in [0.1, 0.15) is 5.82 Å². The van der Waals surface area contributed by atoms with Crippen LogP contribution in [-0.2, 0) is 0 Å². The molecule has 0 unspecified atom stereocenters. The van der Waals surface area contributed by atoms with Gasteiger partial charge in [0, 0.05) is 39.2 Å². The normalized spacial score (nSPS) is 17.5. The minimum Gasteiger partial charge on any atom is -0.309 e. The fourth-order valence-electron chi connectivity index (χ4n) is 9.57. The molecule has 0 N–H and O–H groups in total. The molecule has 0 saturated carbocycles. The molecule has 5 aliphatic rings. The lowest BCUT2D eigenvalue weighted by atomic mass is 9.92. The molecule has 4 aliphatic carbocycles. The predicted molar refractivity (Wildman–Crippen MR) is 236 cm³/mol. The highest BCUT2D eigenvalue weighted by molar-refractivity contribution is 6.08. The monoisotopic (exact) mass is 721 g/mol. The first-order valence-corrected chi connectivity index (χ1v) is 20.4. The highest BCUT2D eigenvalue weighted by atomic mass is 15.2. The highest BCUT2D eigenvalue weighted by Gasteiger charge is 2.35. The lowest BCUT2D eigenvalue weighted by molar-refractivity contribution is 0.836. The highest BCUT2D eigenvalue weighted by Crippen LogP contribution is 2.50. The second-order valence-electron chi connectivity index (χ2n) is 15.5. The SMILES string of the molecule is C1=CCCC(c2cc(-c3ccccc3)cc(N3C4=C(C=CCC4)c4c(n(-c5cc(C6=CCCC=C6)c6ccccc6c5)c5ccccc45)C4=C3CCC=C4)n2)=C1. The fourth-order valence-corrected chi connectivity index (χ4v) is 9.57. The van der Waals surface area contributed by atoms with Gasteiger partial charge >= 0.3 is 0 Å². The van der Waals surface area contributed by atoms with E-state index < -0.39 is 0 Å². The second kappa shape index (κ2) is 13.7. The summed E-state index contributed by atoms with van der Waals surface area (Å²) >= 11 is 0. The van der Waals surface area contributed by atoms with Crippen LogP contribution in [0.2, 0.25) is 0 Å². The summed E-state index contributed by atoms with van der Waals surface area (Å²) in [5.74, 6) is 1.01. The minimum atomic E-state index is 0.936. The molecule has 0 spiro atoms. The average molecular weight is 722 g/mol. The van der Waals surface area contributed by atoms with E-state index in [9.17, 15) is 0 Å². The first-order chi connectivity index (χ1) is 27.8. The van der Waals surface area contributed by atoms with Crippen molar-refractivity contribution in [3.8, 4) is 16.8 Å². The smallest absolute Gasteiger partial charge is 0.138 e. The van der Waals surface area contributed by atoms with E-state index in [-0.39, 0.29) is 0 Å². The van der Waals surface area contributed by atoms with Crippen molar-refractivity contribution in [2.75, 3.05) is 4.90 Å². The number of anilines is 1. The van der Waals surface area contributed by atoms with E-state index in [0.717, 1.165) is 62.9 Å². The molecule has 270 valence electrons. The van der Waals surface area contributed by atoms with Crippen molar-refractivity contribution >= 4 is 49.8 Å². The summed E-state index contributed by atoms with van der Waals surface area (Å²) in [5, 5.41) is 3.84.